The molecule has 6 nitrogen and oxygen atoms in total. The summed E-state index contributed by atoms with van der Waals surface area (Å²) in [5.74, 6) is -1.42. The Kier molecular flexibility index (Phi) is 4.43. The van der Waals surface area contributed by atoms with E-state index in [1.54, 1.807) is 0 Å². The number of carbonyl (C=O) groups is 1. The van der Waals surface area contributed by atoms with E-state index in [1.807, 2.05) is 0 Å². The molecule has 0 aromatic rings. The fourth-order valence-electron chi connectivity index (χ4n) is 0.691. The van der Waals surface area contributed by atoms with Gasteiger partial charge in [-0.05, 0) is 4.57 Å². The van der Waals surface area contributed by atoms with Crippen molar-refractivity contribution in [3.05, 3.63) is 0 Å². The van der Waals surface area contributed by atoms with Crippen molar-refractivity contribution >= 4 is 14.2 Å². The molecule has 2 atom stereocenters. The third-order valence-corrected chi connectivity index (χ3v) is 1.92. The molecule has 76 valence electrons. The van der Waals surface area contributed by atoms with Crippen molar-refractivity contribution in [3.8, 4) is 0 Å². The molecule has 0 aromatic carbocycles. The molecule has 13 heavy (non-hydrogen) atoms. The minimum atomic E-state index is -3.23. The largest absolute Gasteiger partial charge is 0.566 e. The minimum absolute atomic E-state index is 0.479. The zero-order valence-corrected chi connectivity index (χ0v) is 8.15. The number of rotatable bonds is 5. The highest BCUT2D eigenvalue weighted by atomic mass is 31.1. The van der Waals surface area contributed by atoms with E-state index in [0.717, 1.165) is 0 Å². The first-order valence-corrected chi connectivity index (χ1v) is 4.55. The topological polar surface area (TPSA) is 107 Å². The van der Waals surface area contributed by atoms with E-state index in [-0.39, 0.29) is 0 Å². The van der Waals surface area contributed by atoms with Gasteiger partial charge in [-0.3, -0.25) is 0 Å². The molecule has 0 saturated heterocycles. The van der Waals surface area contributed by atoms with Crippen LogP contribution < -0.4 is 4.89 Å². The molecule has 0 fully saturated rings. The van der Waals surface area contributed by atoms with Gasteiger partial charge in [0.25, 0.3) is 0 Å². The van der Waals surface area contributed by atoms with Gasteiger partial charge in [-0.25, -0.2) is 4.79 Å². The lowest BCUT2D eigenvalue weighted by Crippen LogP contribution is -2.40. The van der Waals surface area contributed by atoms with Crippen LogP contribution in [0.1, 0.15) is 13.8 Å². The summed E-state index contributed by atoms with van der Waals surface area (Å²) in [5.41, 5.74) is -1.14. The Morgan fingerprint density at radius 3 is 2.38 bits per heavy atom. The Labute approximate surface area is 76.1 Å². The number of hydrogen-bond donors (Lipinski definition) is 2. The van der Waals surface area contributed by atoms with E-state index in [0.29, 0.717) is 0 Å². The van der Waals surface area contributed by atoms with Crippen molar-refractivity contribution < 1.29 is 29.0 Å². The van der Waals surface area contributed by atoms with Crippen molar-refractivity contribution in [2.24, 2.45) is 5.41 Å². The van der Waals surface area contributed by atoms with Crippen molar-refractivity contribution in [1.82, 2.24) is 0 Å². The molecule has 1 unspecified atom stereocenters. The van der Waals surface area contributed by atoms with Crippen molar-refractivity contribution in [2.45, 2.75) is 20.0 Å². The molecule has 0 aliphatic carbocycles. The molecule has 0 heterocycles. The second-order valence-corrected chi connectivity index (χ2v) is 3.85. The fourth-order valence-corrected chi connectivity index (χ4v) is 1.24. The van der Waals surface area contributed by atoms with Crippen LogP contribution in [0.15, 0.2) is 0 Å². The van der Waals surface area contributed by atoms with Crippen LogP contribution >= 0.6 is 8.25 Å². The summed E-state index contributed by atoms with van der Waals surface area (Å²) >= 11 is 0. The maximum absolute atomic E-state index is 10.5. The van der Waals surface area contributed by atoms with Gasteiger partial charge < -0.3 is 15.1 Å². The molecular formula is C6H11O6P. The Morgan fingerprint density at radius 2 is 2.15 bits per heavy atom. The van der Waals surface area contributed by atoms with Crippen LogP contribution in [-0.2, 0) is 13.9 Å². The molecule has 2 N–H and O–H groups in total. The summed E-state index contributed by atoms with van der Waals surface area (Å²) in [4.78, 5) is 20.7. The average molecular weight is 210 g/mol. The lowest BCUT2D eigenvalue weighted by molar-refractivity contribution is -0.198. The summed E-state index contributed by atoms with van der Waals surface area (Å²) in [7, 11) is -3.23. The van der Waals surface area contributed by atoms with Crippen LogP contribution in [0.5, 0.6) is 0 Å². The summed E-state index contributed by atoms with van der Waals surface area (Å²) in [6, 6.07) is 0. The zero-order chi connectivity index (χ0) is 10.6. The van der Waals surface area contributed by atoms with Gasteiger partial charge in [-0.15, -0.1) is 4.52 Å². The van der Waals surface area contributed by atoms with Crippen LogP contribution in [0.3, 0.4) is 0 Å². The Bertz CT molecular complexity index is 213. The minimum Gasteiger partial charge on any atom is -0.566 e. The maximum Gasteiger partial charge on any atom is 0.489 e. The highest BCUT2D eigenvalue weighted by Crippen LogP contribution is 2.28. The third kappa shape index (κ3) is 3.78. The van der Waals surface area contributed by atoms with E-state index in [9.17, 15) is 14.3 Å². The van der Waals surface area contributed by atoms with Crippen LogP contribution in [0, 0.1) is 5.41 Å². The van der Waals surface area contributed by atoms with Gasteiger partial charge in [0.1, 0.15) is 0 Å². The van der Waals surface area contributed by atoms with Gasteiger partial charge in [-0.2, -0.15) is 0 Å². The smallest absolute Gasteiger partial charge is 0.489 e. The number of hydrogen-bond acceptors (Lipinski definition) is 5. The Morgan fingerprint density at radius 1 is 1.69 bits per heavy atom. The number of aliphatic hydroxyl groups excluding tert-OH is 1. The molecule has 0 aromatic heterocycles. The number of carboxylic acid groups (broad SMARTS) is 1. The van der Waals surface area contributed by atoms with E-state index in [1.165, 1.54) is 13.8 Å². The van der Waals surface area contributed by atoms with Gasteiger partial charge in [0.2, 0.25) is 6.10 Å². The average Bonchev–Trinajstić information content (AvgIpc) is 1.99. The van der Waals surface area contributed by atoms with Crippen molar-refractivity contribution in [1.29, 1.82) is 0 Å². The first-order chi connectivity index (χ1) is 5.81. The van der Waals surface area contributed by atoms with Crippen LogP contribution in [0.25, 0.3) is 0 Å². The second kappa shape index (κ2) is 4.62. The highest BCUT2D eigenvalue weighted by Gasteiger charge is 2.40. The first kappa shape index (κ1) is 12.4. The first-order valence-electron chi connectivity index (χ1n) is 3.46. The molecular weight excluding hydrogens is 199 g/mol. The lowest BCUT2D eigenvalue weighted by atomic mass is 9.88. The van der Waals surface area contributed by atoms with Crippen LogP contribution in [-0.4, -0.2) is 28.9 Å². The summed E-state index contributed by atoms with van der Waals surface area (Å²) in [6.07, 6.45) is -1.56. The molecule has 0 amide bonds. The van der Waals surface area contributed by atoms with Crippen molar-refractivity contribution in [3.63, 3.8) is 0 Å². The van der Waals surface area contributed by atoms with E-state index in [2.05, 4.69) is 4.52 Å². The highest BCUT2D eigenvalue weighted by molar-refractivity contribution is 7.30. The molecule has 7 heteroatoms. The SMILES string of the molecule is CC(C)(CO)[C@@H](O[P+](=O)[O-])C(=O)O. The van der Waals surface area contributed by atoms with Crippen LogP contribution in [0.4, 0.5) is 0 Å². The van der Waals surface area contributed by atoms with Gasteiger partial charge in [-0.1, -0.05) is 13.8 Å². The predicted octanol–water partition coefficient (Wildman–Crippen LogP) is -0.508. The Balaban J connectivity index is 4.60. The summed E-state index contributed by atoms with van der Waals surface area (Å²) in [5, 5.41) is 17.4. The van der Waals surface area contributed by atoms with E-state index < -0.39 is 32.4 Å². The molecule has 0 rings (SSSR count). The molecule has 0 aliphatic rings. The monoisotopic (exact) mass is 210 g/mol. The molecule has 0 bridgehead atoms. The van der Waals surface area contributed by atoms with Gasteiger partial charge in [0.15, 0.2) is 0 Å². The zero-order valence-electron chi connectivity index (χ0n) is 7.26. The summed E-state index contributed by atoms with van der Waals surface area (Å²) < 4.78 is 14.3. The second-order valence-electron chi connectivity index (χ2n) is 3.19. The number of aliphatic carboxylic acids is 1. The van der Waals surface area contributed by atoms with Crippen LogP contribution in [0.2, 0.25) is 0 Å². The molecule has 0 spiro atoms. The normalized spacial score (nSPS) is 15.2. The third-order valence-electron chi connectivity index (χ3n) is 1.53. The standard InChI is InChI=1S/C6H11O6P/c1-6(2,3-7)4(5(8)9)12-13(10)11/h4,7H,3H2,1-2H3,(H,8,9)/t4-/m0/s1. The lowest BCUT2D eigenvalue weighted by Gasteiger charge is -2.24. The van der Waals surface area contributed by atoms with Crippen molar-refractivity contribution in [2.75, 3.05) is 6.61 Å². The maximum atomic E-state index is 10.5. The molecule has 0 aliphatic heterocycles. The van der Waals surface area contributed by atoms with E-state index >= 15 is 0 Å². The Hall–Kier alpha value is -0.550. The predicted molar refractivity (Wildman–Crippen MR) is 41.0 cm³/mol. The fraction of sp³-hybridized carbons (Fsp3) is 0.833. The number of aliphatic hydroxyl groups is 1. The van der Waals surface area contributed by atoms with E-state index in [4.69, 9.17) is 10.2 Å². The summed E-state index contributed by atoms with van der Waals surface area (Å²) in [6.45, 7) is 2.31. The number of carboxylic acids is 1. The molecule has 0 radical (unpaired) electrons. The van der Waals surface area contributed by atoms with Gasteiger partial charge in [0, 0.05) is 5.41 Å². The molecule has 0 saturated carbocycles. The van der Waals surface area contributed by atoms with Gasteiger partial charge in [0.05, 0.1) is 6.61 Å². The quantitative estimate of drug-likeness (QED) is 0.592. The van der Waals surface area contributed by atoms with Gasteiger partial charge >= 0.3 is 14.2 Å².